The molecule has 0 bridgehead atoms. The number of thiol groups is 1. The molecule has 0 aromatic heterocycles. The predicted molar refractivity (Wildman–Crippen MR) is 85.6 cm³/mol. The average molecular weight is 286 g/mol. The molecule has 1 atom stereocenters. The molecule has 0 aliphatic heterocycles. The van der Waals surface area contributed by atoms with E-state index in [-0.39, 0.29) is 6.04 Å². The second-order valence-corrected chi connectivity index (χ2v) is 5.81. The van der Waals surface area contributed by atoms with Gasteiger partial charge in [-0.05, 0) is 38.5 Å². The summed E-state index contributed by atoms with van der Waals surface area (Å²) in [4.78, 5) is 8.49. The van der Waals surface area contributed by atoms with Crippen LogP contribution >= 0.6 is 24.4 Å². The Morgan fingerprint density at radius 2 is 2.22 bits per heavy atom. The lowest BCUT2D eigenvalue weighted by molar-refractivity contribution is 0.285. The van der Waals surface area contributed by atoms with Gasteiger partial charge in [-0.15, -0.1) is 24.4 Å². The number of hydrogen-bond acceptors (Lipinski definition) is 4. The monoisotopic (exact) mass is 286 g/mol. The van der Waals surface area contributed by atoms with Crippen LogP contribution in [0.4, 0.5) is 0 Å². The first-order valence-corrected chi connectivity index (χ1v) is 7.72. The minimum absolute atomic E-state index is 0.131. The minimum Gasteiger partial charge on any atom is -0.313 e. The van der Waals surface area contributed by atoms with Gasteiger partial charge in [0.15, 0.2) is 0 Å². The van der Waals surface area contributed by atoms with Gasteiger partial charge in [0.25, 0.3) is 0 Å². The molecule has 1 fully saturated rings. The first kappa shape index (κ1) is 15.6. The van der Waals surface area contributed by atoms with Crippen LogP contribution in [0.1, 0.15) is 26.7 Å². The van der Waals surface area contributed by atoms with Gasteiger partial charge in [0, 0.05) is 19.3 Å². The third kappa shape index (κ3) is 5.46. The van der Waals surface area contributed by atoms with Crippen molar-refractivity contribution in [3.63, 3.8) is 0 Å². The van der Waals surface area contributed by atoms with Gasteiger partial charge in [-0.1, -0.05) is 0 Å². The first-order valence-electron chi connectivity index (χ1n) is 6.05. The molecule has 0 unspecified atom stereocenters. The highest BCUT2D eigenvalue weighted by Gasteiger charge is 2.26. The van der Waals surface area contributed by atoms with E-state index in [0.717, 1.165) is 4.38 Å². The lowest BCUT2D eigenvalue weighted by Crippen LogP contribution is -2.32. The molecule has 0 heterocycles. The van der Waals surface area contributed by atoms with Crippen molar-refractivity contribution >= 4 is 35.1 Å². The van der Waals surface area contributed by atoms with Crippen molar-refractivity contribution in [3.05, 3.63) is 11.8 Å². The number of rotatable bonds is 6. The largest absolute Gasteiger partial charge is 0.313 e. The van der Waals surface area contributed by atoms with E-state index in [1.54, 1.807) is 6.34 Å². The highest BCUT2D eigenvalue weighted by molar-refractivity contribution is 8.32. The molecule has 6 heteroatoms. The Balaban J connectivity index is 2.54. The molecule has 0 saturated heterocycles. The van der Waals surface area contributed by atoms with Crippen molar-refractivity contribution in [2.75, 3.05) is 13.3 Å². The number of nitrogens with one attached hydrogen (secondary N) is 1. The second-order valence-electron chi connectivity index (χ2n) is 4.29. The molecule has 102 valence electrons. The topological polar surface area (TPSA) is 40.0 Å². The Bertz CT molecular complexity index is 348. The van der Waals surface area contributed by atoms with Crippen LogP contribution in [0.3, 0.4) is 0 Å². The normalized spacial score (nSPS) is 19.4. The maximum absolute atomic E-state index is 4.38. The van der Waals surface area contributed by atoms with Gasteiger partial charge < -0.3 is 5.01 Å². The van der Waals surface area contributed by atoms with E-state index < -0.39 is 0 Å². The Morgan fingerprint density at radius 3 is 2.72 bits per heavy atom. The minimum atomic E-state index is 0.131. The van der Waals surface area contributed by atoms with E-state index in [1.165, 1.54) is 30.2 Å². The summed E-state index contributed by atoms with van der Waals surface area (Å²) in [6, 6.07) is 0.783. The van der Waals surface area contributed by atoms with Crippen molar-refractivity contribution in [3.8, 4) is 0 Å². The maximum Gasteiger partial charge on any atom is 0.128 e. The summed E-state index contributed by atoms with van der Waals surface area (Å²) in [7, 11) is 1.95. The summed E-state index contributed by atoms with van der Waals surface area (Å²) < 4.78 is 0.724. The summed E-state index contributed by atoms with van der Waals surface area (Å²) >= 11 is 5.68. The number of nitrogens with zero attached hydrogens (tertiary/aromatic N) is 3. The van der Waals surface area contributed by atoms with Gasteiger partial charge >= 0.3 is 0 Å². The first-order chi connectivity index (χ1) is 8.58. The van der Waals surface area contributed by atoms with E-state index in [9.17, 15) is 0 Å². The molecule has 18 heavy (non-hydrogen) atoms. The van der Waals surface area contributed by atoms with Crippen LogP contribution in [-0.4, -0.2) is 41.1 Å². The standard InChI is InChI=1S/C12H22N4S2/c1-9(7-16(13-3)11-5-6-11)10(2)14-8-15-12(17)18-4/h7-8,10-11,13H,5-6H2,1-4H3,(H,14,15,17)/t10-/m1/s1. The van der Waals surface area contributed by atoms with Gasteiger partial charge in [-0.2, -0.15) is 0 Å². The molecule has 1 saturated carbocycles. The third-order valence-corrected chi connectivity index (χ3v) is 3.97. The summed E-state index contributed by atoms with van der Waals surface area (Å²) in [5.41, 5.74) is 4.41. The summed E-state index contributed by atoms with van der Waals surface area (Å²) in [5, 5.41) is 2.16. The fourth-order valence-electron chi connectivity index (χ4n) is 1.39. The van der Waals surface area contributed by atoms with Gasteiger partial charge in [0.1, 0.15) is 10.7 Å². The zero-order valence-corrected chi connectivity index (χ0v) is 13.1. The molecule has 0 aromatic carbocycles. The highest BCUT2D eigenvalue weighted by atomic mass is 32.2. The molecular weight excluding hydrogens is 264 g/mol. The van der Waals surface area contributed by atoms with E-state index >= 15 is 0 Å². The average Bonchev–Trinajstić information content (AvgIpc) is 3.19. The second kappa shape index (κ2) is 7.86. The van der Waals surface area contributed by atoms with Crippen molar-refractivity contribution < 1.29 is 0 Å². The Hall–Kier alpha value is -0.460. The Kier molecular flexibility index (Phi) is 6.81. The number of thioether (sulfide) groups is 1. The van der Waals surface area contributed by atoms with Gasteiger partial charge in [0.05, 0.1) is 6.04 Å². The molecule has 1 rings (SSSR count). The number of aliphatic imine (C=N–C) groups is 2. The van der Waals surface area contributed by atoms with Crippen LogP contribution in [0.5, 0.6) is 0 Å². The molecule has 1 aliphatic rings. The number of hydrogen-bond donors (Lipinski definition) is 2. The zero-order chi connectivity index (χ0) is 13.5. The van der Waals surface area contributed by atoms with E-state index in [2.05, 4.69) is 53.1 Å². The molecular formula is C12H22N4S2. The smallest absolute Gasteiger partial charge is 0.128 e. The predicted octanol–water partition coefficient (Wildman–Crippen LogP) is 2.55. The fourth-order valence-corrected chi connectivity index (χ4v) is 1.59. The van der Waals surface area contributed by atoms with Gasteiger partial charge in [0.2, 0.25) is 0 Å². The molecule has 0 radical (unpaired) electrons. The lowest BCUT2D eigenvalue weighted by Gasteiger charge is -2.20. The van der Waals surface area contributed by atoms with Crippen LogP contribution in [-0.2, 0) is 0 Å². The van der Waals surface area contributed by atoms with Crippen molar-refractivity contribution in [2.45, 2.75) is 38.8 Å². The van der Waals surface area contributed by atoms with Crippen LogP contribution in [0.2, 0.25) is 0 Å². The van der Waals surface area contributed by atoms with Crippen molar-refractivity contribution in [2.24, 2.45) is 9.98 Å². The highest BCUT2D eigenvalue weighted by Crippen LogP contribution is 2.26. The SMILES string of the molecule is CNN(C=C(C)[C@@H](C)/N=C/N=C(\S)SC)C1CC1. The molecule has 4 nitrogen and oxygen atoms in total. The molecule has 0 amide bonds. The molecule has 0 aromatic rings. The molecule has 1 aliphatic carbocycles. The van der Waals surface area contributed by atoms with Crippen LogP contribution in [0.25, 0.3) is 0 Å². The maximum atomic E-state index is 4.38. The Morgan fingerprint density at radius 1 is 1.56 bits per heavy atom. The summed E-state index contributed by atoms with van der Waals surface area (Å²) in [5.74, 6) is 0. The molecule has 0 spiro atoms. The summed E-state index contributed by atoms with van der Waals surface area (Å²) in [6.45, 7) is 4.16. The Labute approximate surface area is 119 Å². The lowest BCUT2D eigenvalue weighted by atomic mass is 10.2. The van der Waals surface area contributed by atoms with Crippen molar-refractivity contribution in [1.29, 1.82) is 0 Å². The van der Waals surface area contributed by atoms with Gasteiger partial charge in [-0.25, -0.2) is 10.4 Å². The van der Waals surface area contributed by atoms with Crippen LogP contribution in [0.15, 0.2) is 21.8 Å². The van der Waals surface area contributed by atoms with Crippen LogP contribution < -0.4 is 5.43 Å². The van der Waals surface area contributed by atoms with E-state index in [1.807, 2.05) is 13.3 Å². The fraction of sp³-hybridized carbons (Fsp3) is 0.667. The third-order valence-electron chi connectivity index (χ3n) is 2.84. The quantitative estimate of drug-likeness (QED) is 0.341. The van der Waals surface area contributed by atoms with E-state index in [4.69, 9.17) is 0 Å². The zero-order valence-electron chi connectivity index (χ0n) is 11.4. The molecule has 1 N–H and O–H groups in total. The van der Waals surface area contributed by atoms with Crippen LogP contribution in [0, 0.1) is 0 Å². The number of hydrazine groups is 1. The van der Waals surface area contributed by atoms with Crippen molar-refractivity contribution in [1.82, 2.24) is 10.4 Å². The van der Waals surface area contributed by atoms with E-state index in [0.29, 0.717) is 6.04 Å². The summed E-state index contributed by atoms with van der Waals surface area (Å²) in [6.07, 6.45) is 8.20. The van der Waals surface area contributed by atoms with Gasteiger partial charge in [-0.3, -0.25) is 4.99 Å².